The lowest BCUT2D eigenvalue weighted by Gasteiger charge is -2.18. The first kappa shape index (κ1) is 20.0. The molecule has 2 fully saturated rings. The molecule has 4 rings (SSSR count). The molecule has 0 saturated carbocycles. The Hall–Kier alpha value is -3.30. The Labute approximate surface area is 173 Å². The van der Waals surface area contributed by atoms with Gasteiger partial charge in [0.1, 0.15) is 18.0 Å². The molecule has 2 aromatic rings. The van der Waals surface area contributed by atoms with Crippen molar-refractivity contribution in [2.24, 2.45) is 0 Å². The van der Waals surface area contributed by atoms with Crippen LogP contribution in [0.1, 0.15) is 0 Å². The summed E-state index contributed by atoms with van der Waals surface area (Å²) >= 11 is 0. The summed E-state index contributed by atoms with van der Waals surface area (Å²) in [6.45, 7) is 0.474. The molecule has 0 unspecified atom stereocenters. The van der Waals surface area contributed by atoms with Crippen molar-refractivity contribution in [3.63, 3.8) is 0 Å². The molecule has 3 N–H and O–H groups in total. The molecule has 4 atom stereocenters. The summed E-state index contributed by atoms with van der Waals surface area (Å²) in [5.41, 5.74) is 1.27. The Morgan fingerprint density at radius 1 is 0.900 bits per heavy atom. The van der Waals surface area contributed by atoms with Crippen molar-refractivity contribution >= 4 is 23.5 Å². The van der Waals surface area contributed by atoms with Crippen LogP contribution in [-0.4, -0.2) is 56.8 Å². The van der Waals surface area contributed by atoms with Crippen LogP contribution in [0.25, 0.3) is 0 Å². The molecule has 9 heteroatoms. The molecule has 0 bridgehead atoms. The van der Waals surface area contributed by atoms with Gasteiger partial charge in [0, 0.05) is 11.4 Å². The monoisotopic (exact) mass is 413 g/mol. The molecular weight excluding hydrogens is 390 g/mol. The van der Waals surface area contributed by atoms with E-state index in [0.29, 0.717) is 17.1 Å². The predicted molar refractivity (Wildman–Crippen MR) is 109 cm³/mol. The lowest BCUT2D eigenvalue weighted by molar-refractivity contribution is 0.00874. The van der Waals surface area contributed by atoms with Gasteiger partial charge in [0.2, 0.25) is 0 Å². The zero-order valence-corrected chi connectivity index (χ0v) is 16.4. The highest BCUT2D eigenvalue weighted by Crippen LogP contribution is 2.29. The number of carbonyl (C=O) groups excluding carboxylic acids is 2. The normalized spacial score (nSPS) is 24.6. The average molecular weight is 413 g/mol. The lowest BCUT2D eigenvalue weighted by Crippen LogP contribution is -2.46. The quantitative estimate of drug-likeness (QED) is 0.696. The largest absolute Gasteiger partial charge is 0.497 e. The van der Waals surface area contributed by atoms with Gasteiger partial charge >= 0.3 is 12.1 Å². The number of nitrogens with one attached hydrogen (secondary N) is 3. The van der Waals surface area contributed by atoms with Crippen molar-refractivity contribution in [3.05, 3.63) is 54.6 Å². The first-order valence-corrected chi connectivity index (χ1v) is 9.60. The highest BCUT2D eigenvalue weighted by molar-refractivity contribution is 5.89. The minimum Gasteiger partial charge on any atom is -0.497 e. The van der Waals surface area contributed by atoms with Gasteiger partial charge in [-0.2, -0.15) is 0 Å². The summed E-state index contributed by atoms with van der Waals surface area (Å²) in [6, 6.07) is 15.3. The van der Waals surface area contributed by atoms with Gasteiger partial charge in [-0.15, -0.1) is 0 Å². The van der Waals surface area contributed by atoms with E-state index in [1.807, 2.05) is 18.2 Å². The second kappa shape index (κ2) is 9.02. The van der Waals surface area contributed by atoms with Crippen molar-refractivity contribution in [1.29, 1.82) is 0 Å². The SMILES string of the molecule is COc1ccc(NC(=O)N[C@@H]2CO[C@@H]3[C@@H]2OC[C@H]3OC(=O)Nc2ccccc2)cc1. The van der Waals surface area contributed by atoms with Crippen LogP contribution in [0.3, 0.4) is 0 Å². The van der Waals surface area contributed by atoms with E-state index in [1.54, 1.807) is 43.5 Å². The van der Waals surface area contributed by atoms with Crippen molar-refractivity contribution in [1.82, 2.24) is 5.32 Å². The van der Waals surface area contributed by atoms with Crippen molar-refractivity contribution in [2.45, 2.75) is 24.4 Å². The fraction of sp³-hybridized carbons (Fsp3) is 0.333. The summed E-state index contributed by atoms with van der Waals surface area (Å²) in [6.07, 6.45) is -1.94. The molecule has 2 aliphatic heterocycles. The number of amides is 3. The molecule has 0 aliphatic carbocycles. The Balaban J connectivity index is 1.27. The molecule has 0 radical (unpaired) electrons. The van der Waals surface area contributed by atoms with Gasteiger partial charge in [0.05, 0.1) is 26.4 Å². The third-order valence-corrected chi connectivity index (χ3v) is 4.95. The van der Waals surface area contributed by atoms with E-state index < -0.39 is 18.3 Å². The number of carbonyl (C=O) groups is 2. The van der Waals surface area contributed by atoms with Crippen molar-refractivity contribution in [3.8, 4) is 5.75 Å². The number of benzene rings is 2. The predicted octanol–water partition coefficient (Wildman–Crippen LogP) is 2.60. The maximum Gasteiger partial charge on any atom is 0.412 e. The zero-order valence-electron chi connectivity index (χ0n) is 16.4. The van der Waals surface area contributed by atoms with E-state index >= 15 is 0 Å². The number of urea groups is 1. The van der Waals surface area contributed by atoms with Crippen LogP contribution in [0.15, 0.2) is 54.6 Å². The van der Waals surface area contributed by atoms with Gasteiger partial charge < -0.3 is 29.6 Å². The molecule has 2 saturated heterocycles. The molecule has 2 aliphatic rings. The number of para-hydroxylation sites is 1. The van der Waals surface area contributed by atoms with Gasteiger partial charge in [0.25, 0.3) is 0 Å². The zero-order chi connectivity index (χ0) is 20.9. The lowest BCUT2D eigenvalue weighted by atomic mass is 10.1. The van der Waals surface area contributed by atoms with Gasteiger partial charge in [-0.05, 0) is 36.4 Å². The fourth-order valence-electron chi connectivity index (χ4n) is 3.51. The Morgan fingerprint density at radius 2 is 1.60 bits per heavy atom. The van der Waals surface area contributed by atoms with Crippen LogP contribution in [0.5, 0.6) is 5.75 Å². The number of anilines is 2. The number of hydrogen-bond acceptors (Lipinski definition) is 6. The maximum atomic E-state index is 12.3. The standard InChI is InChI=1S/C21H23N3O6/c1-27-15-9-7-14(8-10-15)22-20(25)24-16-11-28-19-17(12-29-18(16)19)30-21(26)23-13-5-3-2-4-6-13/h2-10,16-19H,11-12H2,1H3,(H,23,26)(H2,22,24,25)/t16-,17-,18-,19+/m1/s1. The van der Waals surface area contributed by atoms with Gasteiger partial charge in [-0.25, -0.2) is 9.59 Å². The smallest absolute Gasteiger partial charge is 0.412 e. The van der Waals surface area contributed by atoms with Crippen LogP contribution in [0.4, 0.5) is 21.0 Å². The number of hydrogen-bond donors (Lipinski definition) is 3. The molecule has 0 aromatic heterocycles. The highest BCUT2D eigenvalue weighted by atomic mass is 16.6. The summed E-state index contributed by atoms with van der Waals surface area (Å²) in [7, 11) is 1.58. The van der Waals surface area contributed by atoms with E-state index in [4.69, 9.17) is 18.9 Å². The Bertz CT molecular complexity index is 876. The highest BCUT2D eigenvalue weighted by Gasteiger charge is 2.50. The molecule has 2 aromatic carbocycles. The van der Waals surface area contributed by atoms with Gasteiger partial charge in [-0.3, -0.25) is 5.32 Å². The van der Waals surface area contributed by atoms with E-state index in [2.05, 4.69) is 16.0 Å². The molecule has 158 valence electrons. The number of ether oxygens (including phenoxy) is 4. The third kappa shape index (κ3) is 4.64. The van der Waals surface area contributed by atoms with E-state index in [-0.39, 0.29) is 31.4 Å². The average Bonchev–Trinajstić information content (AvgIpc) is 3.33. The third-order valence-electron chi connectivity index (χ3n) is 4.95. The minimum atomic E-state index is -0.576. The van der Waals surface area contributed by atoms with Crippen LogP contribution in [0, 0.1) is 0 Å². The van der Waals surface area contributed by atoms with E-state index in [9.17, 15) is 9.59 Å². The topological polar surface area (TPSA) is 107 Å². The Morgan fingerprint density at radius 3 is 2.33 bits per heavy atom. The summed E-state index contributed by atoms with van der Waals surface area (Å²) in [5.74, 6) is 0.703. The first-order valence-electron chi connectivity index (χ1n) is 9.60. The molecule has 0 spiro atoms. The van der Waals surface area contributed by atoms with Gasteiger partial charge in [0.15, 0.2) is 6.10 Å². The number of fused-ring (bicyclic) bond motifs is 1. The number of methoxy groups -OCH3 is 1. The summed E-state index contributed by atoms with van der Waals surface area (Å²) < 4.78 is 22.0. The molecule has 2 heterocycles. The first-order chi connectivity index (χ1) is 14.6. The second-order valence-corrected chi connectivity index (χ2v) is 6.96. The molecule has 3 amide bonds. The Kier molecular flexibility index (Phi) is 6.01. The van der Waals surface area contributed by atoms with Crippen LogP contribution in [-0.2, 0) is 14.2 Å². The maximum absolute atomic E-state index is 12.3. The molecule has 9 nitrogen and oxygen atoms in total. The number of rotatable bonds is 5. The van der Waals surface area contributed by atoms with Crippen LogP contribution >= 0.6 is 0 Å². The van der Waals surface area contributed by atoms with E-state index in [0.717, 1.165) is 0 Å². The molecular formula is C21H23N3O6. The van der Waals surface area contributed by atoms with Crippen molar-refractivity contribution < 1.29 is 28.5 Å². The van der Waals surface area contributed by atoms with Crippen LogP contribution in [0.2, 0.25) is 0 Å². The van der Waals surface area contributed by atoms with Gasteiger partial charge in [-0.1, -0.05) is 18.2 Å². The summed E-state index contributed by atoms with van der Waals surface area (Å²) in [4.78, 5) is 24.4. The fourth-order valence-corrected chi connectivity index (χ4v) is 3.51. The van der Waals surface area contributed by atoms with Crippen LogP contribution < -0.4 is 20.7 Å². The minimum absolute atomic E-state index is 0.204. The molecule has 30 heavy (non-hydrogen) atoms. The second-order valence-electron chi connectivity index (χ2n) is 6.96. The van der Waals surface area contributed by atoms with E-state index in [1.165, 1.54) is 0 Å². The summed E-state index contributed by atoms with van der Waals surface area (Å²) in [5, 5.41) is 8.28. The van der Waals surface area contributed by atoms with Crippen molar-refractivity contribution in [2.75, 3.05) is 31.0 Å².